The third-order valence-corrected chi connectivity index (χ3v) is 19.4. The molecule has 0 saturated carbocycles. The fourth-order valence-electron chi connectivity index (χ4n) is 11.5. The van der Waals surface area contributed by atoms with Crippen LogP contribution in [0.25, 0.3) is 0 Å². The van der Waals surface area contributed by atoms with Gasteiger partial charge in [0.15, 0.2) is 12.2 Å². The molecular weight excluding hydrogens is 1230 g/mol. The summed E-state index contributed by atoms with van der Waals surface area (Å²) in [5.41, 5.74) is 0. The Labute approximate surface area is 575 Å². The number of aliphatic hydroxyl groups is 1. The van der Waals surface area contributed by atoms with Crippen LogP contribution >= 0.6 is 15.6 Å². The maximum atomic E-state index is 13.1. The van der Waals surface area contributed by atoms with E-state index in [4.69, 9.17) is 37.0 Å². The van der Waals surface area contributed by atoms with E-state index in [-0.39, 0.29) is 25.7 Å². The van der Waals surface area contributed by atoms with Gasteiger partial charge in [0.25, 0.3) is 0 Å². The Bertz CT molecular complexity index is 1820. The molecule has 0 aromatic carbocycles. The predicted octanol–water partition coefficient (Wildman–Crippen LogP) is 21.9. The highest BCUT2D eigenvalue weighted by Gasteiger charge is 2.30. The largest absolute Gasteiger partial charge is 0.472 e. The minimum atomic E-state index is -4.95. The Kier molecular flexibility index (Phi) is 65.5. The van der Waals surface area contributed by atoms with Crippen molar-refractivity contribution < 1.29 is 80.2 Å². The summed E-state index contributed by atoms with van der Waals surface area (Å²) in [5, 5.41) is 10.6. The molecule has 3 N–H and O–H groups in total. The average Bonchev–Trinajstić information content (AvgIpc) is 1.34. The Balaban J connectivity index is 5.15. The van der Waals surface area contributed by atoms with Gasteiger partial charge in [-0.2, -0.15) is 0 Å². The highest BCUT2D eigenvalue weighted by atomic mass is 31.2. The smallest absolute Gasteiger partial charge is 0.462 e. The minimum Gasteiger partial charge on any atom is -0.462 e. The first-order valence-electron chi connectivity index (χ1n) is 39.0. The van der Waals surface area contributed by atoms with E-state index < -0.39 is 97.5 Å². The molecular formula is C75H146O17P2. The van der Waals surface area contributed by atoms with Crippen LogP contribution in [0.5, 0.6) is 0 Å². The summed E-state index contributed by atoms with van der Waals surface area (Å²) in [6, 6.07) is 0. The lowest BCUT2D eigenvalue weighted by Gasteiger charge is -2.21. The summed E-state index contributed by atoms with van der Waals surface area (Å²) >= 11 is 0. The molecule has 0 aliphatic carbocycles. The zero-order valence-electron chi connectivity index (χ0n) is 61.3. The van der Waals surface area contributed by atoms with Gasteiger partial charge in [0.05, 0.1) is 26.4 Å². The molecule has 0 saturated heterocycles. The molecule has 0 amide bonds. The zero-order chi connectivity index (χ0) is 69.3. The van der Waals surface area contributed by atoms with E-state index in [2.05, 4.69) is 41.5 Å². The number of esters is 4. The maximum absolute atomic E-state index is 13.1. The van der Waals surface area contributed by atoms with E-state index in [0.29, 0.717) is 25.7 Å². The van der Waals surface area contributed by atoms with Gasteiger partial charge in [0.2, 0.25) is 0 Å². The molecule has 0 fully saturated rings. The number of rotatable bonds is 74. The lowest BCUT2D eigenvalue weighted by Crippen LogP contribution is -2.30. The number of hydrogen-bond acceptors (Lipinski definition) is 15. The van der Waals surface area contributed by atoms with Crippen LogP contribution in [-0.2, 0) is 65.4 Å². The molecule has 0 aliphatic rings. The Morgan fingerprint density at radius 3 is 0.723 bits per heavy atom. The molecule has 0 radical (unpaired) electrons. The van der Waals surface area contributed by atoms with Gasteiger partial charge in [-0.3, -0.25) is 37.3 Å². The molecule has 2 unspecified atom stereocenters. The van der Waals surface area contributed by atoms with Gasteiger partial charge in [-0.05, 0) is 37.5 Å². The van der Waals surface area contributed by atoms with Crippen LogP contribution in [0.15, 0.2) is 0 Å². The number of carbonyl (C=O) groups is 4. The predicted molar refractivity (Wildman–Crippen MR) is 381 cm³/mol. The van der Waals surface area contributed by atoms with E-state index in [9.17, 15) is 43.2 Å². The third-order valence-electron chi connectivity index (χ3n) is 17.5. The first-order chi connectivity index (χ1) is 45.4. The number of aliphatic hydroxyl groups excluding tert-OH is 1. The minimum absolute atomic E-state index is 0.105. The lowest BCUT2D eigenvalue weighted by molar-refractivity contribution is -0.161. The molecule has 0 bridgehead atoms. The average molecular weight is 1380 g/mol. The molecule has 94 heavy (non-hydrogen) atoms. The van der Waals surface area contributed by atoms with E-state index in [0.717, 1.165) is 108 Å². The van der Waals surface area contributed by atoms with Crippen molar-refractivity contribution in [2.75, 3.05) is 39.6 Å². The molecule has 19 heteroatoms. The first-order valence-corrected chi connectivity index (χ1v) is 42.0. The number of phosphoric ester groups is 2. The van der Waals surface area contributed by atoms with Crippen molar-refractivity contribution in [2.24, 2.45) is 11.8 Å². The van der Waals surface area contributed by atoms with Crippen molar-refractivity contribution >= 4 is 39.5 Å². The second kappa shape index (κ2) is 66.9. The first kappa shape index (κ1) is 92.1. The van der Waals surface area contributed by atoms with Crippen LogP contribution in [-0.4, -0.2) is 96.7 Å². The maximum Gasteiger partial charge on any atom is 0.472 e. The number of phosphoric acid groups is 2. The molecule has 0 rings (SSSR count). The highest BCUT2D eigenvalue weighted by molar-refractivity contribution is 7.47. The summed E-state index contributed by atoms with van der Waals surface area (Å²) in [4.78, 5) is 72.6. The van der Waals surface area contributed by atoms with E-state index >= 15 is 0 Å². The van der Waals surface area contributed by atoms with Crippen LogP contribution in [0.2, 0.25) is 0 Å². The Morgan fingerprint density at radius 1 is 0.287 bits per heavy atom. The summed E-state index contributed by atoms with van der Waals surface area (Å²) in [6.45, 7) is 9.51. The molecule has 0 spiro atoms. The molecule has 17 nitrogen and oxygen atoms in total. The summed E-state index contributed by atoms with van der Waals surface area (Å²) in [7, 11) is -9.90. The van der Waals surface area contributed by atoms with Crippen molar-refractivity contribution in [2.45, 2.75) is 407 Å². The normalized spacial score (nSPS) is 14.0. The lowest BCUT2D eigenvalue weighted by atomic mass is 10.0. The SMILES string of the molecule is CCCCCCCCCCCCCCCCCCCCCCCCC(=O)O[C@H](COC(=O)CCCCCCCCCCCC(C)C)COP(=O)(O)OC[C@@H](O)COP(=O)(O)OC[C@@H](COC(=O)CCCCCCCCCC)OC(=O)CCCCCCCCCCCC(C)C. The second-order valence-corrected chi connectivity index (χ2v) is 30.9. The van der Waals surface area contributed by atoms with Gasteiger partial charge in [-0.15, -0.1) is 0 Å². The quantitative estimate of drug-likeness (QED) is 0.0222. The molecule has 5 atom stereocenters. The summed E-state index contributed by atoms with van der Waals surface area (Å²) in [6.07, 6.45) is 54.4. The van der Waals surface area contributed by atoms with Crippen molar-refractivity contribution in [1.82, 2.24) is 0 Å². The summed E-state index contributed by atoms with van der Waals surface area (Å²) in [5.74, 6) is -0.642. The summed E-state index contributed by atoms with van der Waals surface area (Å²) < 4.78 is 68.4. The standard InChI is InChI=1S/C75H146O17P2/c1-7-9-11-13-15-17-18-19-20-21-22-23-24-25-26-27-28-29-34-41-47-53-59-74(79)91-71(64-86-73(78)58-52-46-40-35-30-32-37-43-49-55-67(3)4)66-90-94(83,84)88-62-69(76)61-87-93(81,82)89-65-70(63-85-72(77)57-51-45-39-16-14-12-10-8-2)92-75(80)60-54-48-42-36-31-33-38-44-50-56-68(5)6/h67-71,76H,7-66H2,1-6H3,(H,81,82)(H,83,84)/t69-,70+,71+/m0/s1. The Morgan fingerprint density at radius 2 is 0.489 bits per heavy atom. The fourth-order valence-corrected chi connectivity index (χ4v) is 13.1. The Hall–Kier alpha value is -1.94. The van der Waals surface area contributed by atoms with Crippen LogP contribution in [0, 0.1) is 11.8 Å². The van der Waals surface area contributed by atoms with E-state index in [1.165, 1.54) is 199 Å². The highest BCUT2D eigenvalue weighted by Crippen LogP contribution is 2.45. The van der Waals surface area contributed by atoms with Crippen LogP contribution in [0.3, 0.4) is 0 Å². The third kappa shape index (κ3) is 68.6. The molecule has 558 valence electrons. The number of hydrogen-bond donors (Lipinski definition) is 3. The van der Waals surface area contributed by atoms with Crippen LogP contribution in [0.1, 0.15) is 388 Å². The fraction of sp³-hybridized carbons (Fsp3) is 0.947. The van der Waals surface area contributed by atoms with Crippen LogP contribution in [0.4, 0.5) is 0 Å². The van der Waals surface area contributed by atoms with Crippen molar-refractivity contribution in [3.63, 3.8) is 0 Å². The number of unbranched alkanes of at least 4 members (excludes halogenated alkanes) is 44. The molecule has 0 heterocycles. The monoisotopic (exact) mass is 1380 g/mol. The topological polar surface area (TPSA) is 237 Å². The van der Waals surface area contributed by atoms with E-state index in [1.54, 1.807) is 0 Å². The molecule has 0 aliphatic heterocycles. The van der Waals surface area contributed by atoms with Crippen molar-refractivity contribution in [3.05, 3.63) is 0 Å². The molecule has 0 aromatic heterocycles. The van der Waals surface area contributed by atoms with E-state index in [1.807, 2.05) is 0 Å². The van der Waals surface area contributed by atoms with Gasteiger partial charge in [-0.1, -0.05) is 337 Å². The zero-order valence-corrected chi connectivity index (χ0v) is 63.1. The molecule has 0 aromatic rings. The van der Waals surface area contributed by atoms with Gasteiger partial charge in [-0.25, -0.2) is 9.13 Å². The van der Waals surface area contributed by atoms with Gasteiger partial charge in [0.1, 0.15) is 19.3 Å². The number of ether oxygens (including phenoxy) is 4. The van der Waals surface area contributed by atoms with Crippen LogP contribution < -0.4 is 0 Å². The second-order valence-electron chi connectivity index (χ2n) is 28.0. The van der Waals surface area contributed by atoms with Gasteiger partial charge in [0, 0.05) is 25.7 Å². The van der Waals surface area contributed by atoms with Gasteiger partial charge >= 0.3 is 39.5 Å². The van der Waals surface area contributed by atoms with Crippen molar-refractivity contribution in [3.8, 4) is 0 Å². The van der Waals surface area contributed by atoms with Crippen molar-refractivity contribution in [1.29, 1.82) is 0 Å². The van der Waals surface area contributed by atoms with Gasteiger partial charge < -0.3 is 33.8 Å². The number of carbonyl (C=O) groups excluding carboxylic acids is 4.